The monoisotopic (exact) mass is 442 g/mol. The highest BCUT2D eigenvalue weighted by Crippen LogP contribution is 2.28. The number of carbonyl (C=O) groups is 2. The maximum absolute atomic E-state index is 12.6. The molecule has 0 fully saturated rings. The van der Waals surface area contributed by atoms with Crippen molar-refractivity contribution >= 4 is 45.1 Å². The summed E-state index contributed by atoms with van der Waals surface area (Å²) >= 11 is 4.86. The molecule has 0 aliphatic rings. The summed E-state index contributed by atoms with van der Waals surface area (Å²) in [6.07, 6.45) is 3.19. The first-order chi connectivity index (χ1) is 13.1. The van der Waals surface area contributed by atoms with Gasteiger partial charge in [-0.1, -0.05) is 18.2 Å². The highest BCUT2D eigenvalue weighted by Gasteiger charge is 2.18. The predicted molar refractivity (Wildman–Crippen MR) is 110 cm³/mol. The normalized spacial score (nSPS) is 10.7. The van der Waals surface area contributed by atoms with Crippen molar-refractivity contribution < 1.29 is 19.1 Å². The van der Waals surface area contributed by atoms with Gasteiger partial charge in [-0.2, -0.15) is 0 Å². The molecule has 0 aliphatic carbocycles. The van der Waals surface area contributed by atoms with Gasteiger partial charge in [-0.25, -0.2) is 4.79 Å². The van der Waals surface area contributed by atoms with Gasteiger partial charge in [0.05, 0.1) is 18.2 Å². The number of carbonyl (C=O) groups excluding carboxylic acids is 2. The van der Waals surface area contributed by atoms with Gasteiger partial charge in [0.1, 0.15) is 11.5 Å². The van der Waals surface area contributed by atoms with Crippen LogP contribution in [0.4, 0.5) is 0 Å². The summed E-state index contributed by atoms with van der Waals surface area (Å²) in [7, 11) is 1.51. The van der Waals surface area contributed by atoms with Crippen molar-refractivity contribution in [2.45, 2.75) is 0 Å². The van der Waals surface area contributed by atoms with Gasteiger partial charge in [0.2, 0.25) is 0 Å². The molecular formula is C21H15BrO4S. The molecule has 0 unspecified atom stereocenters. The van der Waals surface area contributed by atoms with Gasteiger partial charge >= 0.3 is 5.97 Å². The summed E-state index contributed by atoms with van der Waals surface area (Å²) in [5.41, 5.74) is 0.650. The Morgan fingerprint density at radius 1 is 1.04 bits per heavy atom. The number of esters is 1. The second-order valence-corrected chi connectivity index (χ2v) is 7.28. The molecule has 27 heavy (non-hydrogen) atoms. The molecule has 0 radical (unpaired) electrons. The summed E-state index contributed by atoms with van der Waals surface area (Å²) in [5.74, 6) is -0.187. The fourth-order valence-electron chi connectivity index (χ4n) is 2.33. The number of allylic oxidation sites excluding steroid dienone is 1. The molecule has 0 spiro atoms. The highest BCUT2D eigenvalue weighted by atomic mass is 79.9. The molecule has 0 saturated carbocycles. The van der Waals surface area contributed by atoms with E-state index < -0.39 is 5.97 Å². The van der Waals surface area contributed by atoms with Crippen LogP contribution in [0.25, 0.3) is 6.08 Å². The minimum Gasteiger partial charge on any atom is -0.497 e. The first-order valence-electron chi connectivity index (χ1n) is 7.99. The van der Waals surface area contributed by atoms with Crippen molar-refractivity contribution in [1.82, 2.24) is 0 Å². The van der Waals surface area contributed by atoms with E-state index in [1.54, 1.807) is 42.5 Å². The largest absolute Gasteiger partial charge is 0.497 e. The van der Waals surface area contributed by atoms with Crippen LogP contribution in [0.15, 0.2) is 70.5 Å². The summed E-state index contributed by atoms with van der Waals surface area (Å²) in [6.45, 7) is 0. The van der Waals surface area contributed by atoms with E-state index in [0.717, 1.165) is 4.88 Å². The fourth-order valence-corrected chi connectivity index (χ4v) is 3.40. The molecule has 0 atom stereocenters. The quantitative estimate of drug-likeness (QED) is 0.214. The average Bonchev–Trinajstić information content (AvgIpc) is 3.20. The predicted octanol–water partition coefficient (Wildman–Crippen LogP) is 5.63. The zero-order valence-corrected chi connectivity index (χ0v) is 16.7. The summed E-state index contributed by atoms with van der Waals surface area (Å²) < 4.78 is 11.3. The smallest absolute Gasteiger partial charge is 0.344 e. The molecule has 4 nitrogen and oxygen atoms in total. The van der Waals surface area contributed by atoms with Crippen molar-refractivity contribution in [2.75, 3.05) is 7.11 Å². The van der Waals surface area contributed by atoms with Gasteiger partial charge in [0.25, 0.3) is 0 Å². The molecule has 1 aromatic heterocycles. The summed E-state index contributed by atoms with van der Waals surface area (Å²) in [4.78, 5) is 26.1. The first kappa shape index (κ1) is 19.1. The molecule has 0 saturated heterocycles. The Balaban J connectivity index is 1.90. The topological polar surface area (TPSA) is 52.6 Å². The van der Waals surface area contributed by atoms with Crippen LogP contribution in [0.1, 0.15) is 25.6 Å². The number of methoxy groups -OCH3 is 1. The summed E-state index contributed by atoms with van der Waals surface area (Å²) in [6, 6.07) is 15.5. The lowest BCUT2D eigenvalue weighted by molar-refractivity contribution is 0.0732. The zero-order chi connectivity index (χ0) is 19.2. The van der Waals surface area contributed by atoms with E-state index in [-0.39, 0.29) is 17.1 Å². The van der Waals surface area contributed by atoms with Gasteiger partial charge in [-0.05, 0) is 63.8 Å². The Kier molecular flexibility index (Phi) is 6.21. The van der Waals surface area contributed by atoms with Crippen molar-refractivity contribution in [3.63, 3.8) is 0 Å². The summed E-state index contributed by atoms with van der Waals surface area (Å²) in [5, 5.41) is 1.93. The third-order valence-corrected chi connectivity index (χ3v) is 5.22. The van der Waals surface area contributed by atoms with Crippen LogP contribution in [0.3, 0.4) is 0 Å². The number of hydrogen-bond acceptors (Lipinski definition) is 5. The number of halogens is 1. The number of ether oxygens (including phenoxy) is 2. The molecule has 136 valence electrons. The van der Waals surface area contributed by atoms with E-state index in [2.05, 4.69) is 15.9 Å². The number of benzene rings is 2. The number of thiophene rings is 1. The van der Waals surface area contributed by atoms with Crippen LogP contribution in [0.5, 0.6) is 11.5 Å². The Morgan fingerprint density at radius 2 is 1.85 bits per heavy atom. The van der Waals surface area contributed by atoms with Gasteiger partial charge < -0.3 is 9.47 Å². The van der Waals surface area contributed by atoms with E-state index in [4.69, 9.17) is 9.47 Å². The SMILES string of the molecule is COc1ccc(C(=O)/C=C/c2cccs2)c(OC(=O)c2ccccc2Br)c1. The Morgan fingerprint density at radius 3 is 2.56 bits per heavy atom. The van der Waals surface area contributed by atoms with Crippen LogP contribution >= 0.6 is 27.3 Å². The molecule has 2 aromatic carbocycles. The Hall–Kier alpha value is -2.70. The lowest BCUT2D eigenvalue weighted by Gasteiger charge is -2.11. The van der Waals surface area contributed by atoms with E-state index in [9.17, 15) is 9.59 Å². The third-order valence-electron chi connectivity index (χ3n) is 3.69. The fraction of sp³-hybridized carbons (Fsp3) is 0.0476. The van der Waals surface area contributed by atoms with Crippen molar-refractivity contribution in [3.8, 4) is 11.5 Å². The van der Waals surface area contributed by atoms with Gasteiger partial charge in [-0.3, -0.25) is 4.79 Å². The minimum atomic E-state index is -0.563. The van der Waals surface area contributed by atoms with Crippen LogP contribution in [0.2, 0.25) is 0 Å². The van der Waals surface area contributed by atoms with Crippen LogP contribution in [-0.2, 0) is 0 Å². The highest BCUT2D eigenvalue weighted by molar-refractivity contribution is 9.10. The molecule has 6 heteroatoms. The maximum atomic E-state index is 12.6. The third kappa shape index (κ3) is 4.72. The second-order valence-electron chi connectivity index (χ2n) is 5.44. The van der Waals surface area contributed by atoms with Crippen LogP contribution in [0, 0.1) is 0 Å². The minimum absolute atomic E-state index is 0.149. The molecule has 3 aromatic rings. The zero-order valence-electron chi connectivity index (χ0n) is 14.3. The van der Waals surface area contributed by atoms with Crippen molar-refractivity contribution in [3.05, 3.63) is 86.5 Å². The van der Waals surface area contributed by atoms with E-state index in [1.807, 2.05) is 17.5 Å². The Labute approximate surface area is 169 Å². The van der Waals surface area contributed by atoms with Gasteiger partial charge in [0.15, 0.2) is 5.78 Å². The molecule has 0 bridgehead atoms. The van der Waals surface area contributed by atoms with E-state index >= 15 is 0 Å². The first-order valence-corrected chi connectivity index (χ1v) is 9.66. The van der Waals surface area contributed by atoms with E-state index in [0.29, 0.717) is 15.8 Å². The average molecular weight is 443 g/mol. The Bertz CT molecular complexity index is 993. The lowest BCUT2D eigenvalue weighted by atomic mass is 10.1. The van der Waals surface area contributed by atoms with Gasteiger partial charge in [0, 0.05) is 15.4 Å². The molecule has 0 N–H and O–H groups in total. The van der Waals surface area contributed by atoms with Crippen LogP contribution < -0.4 is 9.47 Å². The van der Waals surface area contributed by atoms with Crippen LogP contribution in [-0.4, -0.2) is 18.9 Å². The van der Waals surface area contributed by atoms with Crippen molar-refractivity contribution in [2.24, 2.45) is 0 Å². The second kappa shape index (κ2) is 8.79. The molecular weight excluding hydrogens is 428 g/mol. The van der Waals surface area contributed by atoms with Crippen molar-refractivity contribution in [1.29, 1.82) is 0 Å². The standard InChI is InChI=1S/C21H15BrO4S/c1-25-14-8-10-17(19(23)11-9-15-5-4-12-27-15)20(13-14)26-21(24)16-6-2-3-7-18(16)22/h2-13H,1H3/b11-9+. The molecule has 0 amide bonds. The van der Waals surface area contributed by atoms with Gasteiger partial charge in [-0.15, -0.1) is 11.3 Å². The maximum Gasteiger partial charge on any atom is 0.344 e. The number of rotatable bonds is 6. The lowest BCUT2D eigenvalue weighted by Crippen LogP contribution is -2.12. The molecule has 0 aliphatic heterocycles. The number of hydrogen-bond donors (Lipinski definition) is 0. The van der Waals surface area contributed by atoms with E-state index in [1.165, 1.54) is 30.6 Å². The molecule has 3 rings (SSSR count). The number of ketones is 1. The molecule has 1 heterocycles.